The zero-order valence-corrected chi connectivity index (χ0v) is 23.5. The summed E-state index contributed by atoms with van der Waals surface area (Å²) >= 11 is 6.11. The SMILES string of the molecule is CCOc1ccc(Cl)cc1C(=O)CCC(C)(C)CC(=O)Nc1c(C(C)CN)n(C)n(-c2ccccc2)c1=O. The second-order valence-electron chi connectivity index (χ2n) is 10.3. The van der Waals surface area contributed by atoms with Crippen LogP contribution in [0.1, 0.15) is 68.9 Å². The molecular weight excluding hydrogens is 504 g/mol. The number of carbonyl (C=O) groups is 2. The maximum absolute atomic E-state index is 13.4. The molecule has 8 nitrogen and oxygen atoms in total. The number of aromatic nitrogens is 2. The van der Waals surface area contributed by atoms with Crippen molar-refractivity contribution >= 4 is 29.0 Å². The van der Waals surface area contributed by atoms with E-state index in [1.165, 1.54) is 4.68 Å². The first-order valence-electron chi connectivity index (χ1n) is 12.8. The van der Waals surface area contributed by atoms with Gasteiger partial charge in [-0.2, -0.15) is 0 Å². The monoisotopic (exact) mass is 540 g/mol. The fraction of sp³-hybridized carbons (Fsp3) is 0.414. The van der Waals surface area contributed by atoms with Crippen LogP contribution in [0.4, 0.5) is 5.69 Å². The third-order valence-electron chi connectivity index (χ3n) is 6.61. The van der Waals surface area contributed by atoms with Gasteiger partial charge in [0.25, 0.3) is 5.56 Å². The third-order valence-corrected chi connectivity index (χ3v) is 6.84. The molecule has 0 radical (unpaired) electrons. The van der Waals surface area contributed by atoms with E-state index in [2.05, 4.69) is 5.32 Å². The lowest BCUT2D eigenvalue weighted by Crippen LogP contribution is -2.26. The van der Waals surface area contributed by atoms with E-state index < -0.39 is 5.41 Å². The highest BCUT2D eigenvalue weighted by atomic mass is 35.5. The van der Waals surface area contributed by atoms with E-state index in [0.29, 0.717) is 47.3 Å². The van der Waals surface area contributed by atoms with E-state index in [4.69, 9.17) is 22.1 Å². The number of ketones is 1. The van der Waals surface area contributed by atoms with Crippen molar-refractivity contribution in [2.45, 2.75) is 52.9 Å². The molecule has 0 bridgehead atoms. The number of ether oxygens (including phenoxy) is 1. The van der Waals surface area contributed by atoms with Crippen molar-refractivity contribution in [2.75, 3.05) is 18.5 Å². The maximum atomic E-state index is 13.4. The predicted molar refractivity (Wildman–Crippen MR) is 152 cm³/mol. The smallest absolute Gasteiger partial charge is 0.295 e. The Morgan fingerprint density at radius 3 is 2.47 bits per heavy atom. The van der Waals surface area contributed by atoms with Gasteiger partial charge in [0.05, 0.1) is 23.6 Å². The third kappa shape index (κ3) is 6.74. The van der Waals surface area contributed by atoms with Crippen LogP contribution in [0.15, 0.2) is 53.3 Å². The van der Waals surface area contributed by atoms with Gasteiger partial charge in [0.15, 0.2) is 5.78 Å². The van der Waals surface area contributed by atoms with E-state index in [9.17, 15) is 14.4 Å². The van der Waals surface area contributed by atoms with Gasteiger partial charge in [-0.3, -0.25) is 19.1 Å². The zero-order chi connectivity index (χ0) is 28.0. The van der Waals surface area contributed by atoms with Crippen LogP contribution in [0.5, 0.6) is 5.75 Å². The van der Waals surface area contributed by atoms with E-state index in [0.717, 1.165) is 0 Å². The van der Waals surface area contributed by atoms with Gasteiger partial charge < -0.3 is 15.8 Å². The Bertz CT molecular complexity index is 1340. The van der Waals surface area contributed by atoms with Crippen LogP contribution in [-0.4, -0.2) is 34.2 Å². The van der Waals surface area contributed by atoms with Crippen molar-refractivity contribution in [2.24, 2.45) is 18.2 Å². The number of hydrogen-bond donors (Lipinski definition) is 2. The summed E-state index contributed by atoms with van der Waals surface area (Å²) in [6, 6.07) is 14.2. The molecular formula is C29H37ClN4O4. The molecule has 0 aliphatic rings. The number of carbonyl (C=O) groups excluding carboxylic acids is 2. The number of amides is 1. The summed E-state index contributed by atoms with van der Waals surface area (Å²) in [5.74, 6) is -0.0560. The number of hydrogen-bond acceptors (Lipinski definition) is 5. The summed E-state index contributed by atoms with van der Waals surface area (Å²) in [7, 11) is 1.79. The first-order chi connectivity index (χ1) is 18.0. The van der Waals surface area contributed by atoms with Crippen LogP contribution in [0, 0.1) is 5.41 Å². The van der Waals surface area contributed by atoms with E-state index >= 15 is 0 Å². The Hall–Kier alpha value is -3.36. The van der Waals surface area contributed by atoms with Gasteiger partial charge in [-0.1, -0.05) is 50.6 Å². The molecule has 0 saturated heterocycles. The van der Waals surface area contributed by atoms with E-state index in [1.54, 1.807) is 29.9 Å². The van der Waals surface area contributed by atoms with Crippen molar-refractivity contribution in [3.05, 3.63) is 75.2 Å². The summed E-state index contributed by atoms with van der Waals surface area (Å²) in [4.78, 5) is 39.6. The molecule has 9 heteroatoms. The number of nitrogens with zero attached hydrogens (tertiary/aromatic N) is 2. The number of rotatable bonds is 12. The number of nitrogens with one attached hydrogen (secondary N) is 1. The van der Waals surface area contributed by atoms with Crippen LogP contribution < -0.4 is 21.3 Å². The Kier molecular flexibility index (Phi) is 9.57. The van der Waals surface area contributed by atoms with Crippen molar-refractivity contribution in [3.8, 4) is 11.4 Å². The van der Waals surface area contributed by atoms with Gasteiger partial charge in [-0.05, 0) is 49.1 Å². The Labute approximate surface area is 228 Å². The number of halogens is 1. The number of anilines is 1. The van der Waals surface area contributed by atoms with Crippen LogP contribution in [0.2, 0.25) is 5.02 Å². The number of benzene rings is 2. The Morgan fingerprint density at radius 1 is 1.16 bits per heavy atom. The lowest BCUT2D eigenvalue weighted by atomic mass is 9.82. The number of para-hydroxylation sites is 1. The molecule has 0 aliphatic carbocycles. The molecule has 0 fully saturated rings. The summed E-state index contributed by atoms with van der Waals surface area (Å²) in [5.41, 5.74) is 7.13. The topological polar surface area (TPSA) is 108 Å². The maximum Gasteiger partial charge on any atom is 0.295 e. The summed E-state index contributed by atoms with van der Waals surface area (Å²) < 4.78 is 8.86. The quantitative estimate of drug-likeness (QED) is 0.303. The average molecular weight is 541 g/mol. The minimum atomic E-state index is -0.503. The van der Waals surface area contributed by atoms with Crippen LogP contribution in [-0.2, 0) is 11.8 Å². The second-order valence-corrected chi connectivity index (χ2v) is 10.7. The Balaban J connectivity index is 1.77. The molecule has 0 aliphatic heterocycles. The van der Waals surface area contributed by atoms with Crippen LogP contribution >= 0.6 is 11.6 Å². The lowest BCUT2D eigenvalue weighted by molar-refractivity contribution is -0.118. The first kappa shape index (κ1) is 29.2. The molecule has 1 unspecified atom stereocenters. The van der Waals surface area contributed by atoms with Crippen molar-refractivity contribution < 1.29 is 14.3 Å². The van der Waals surface area contributed by atoms with Crippen LogP contribution in [0.25, 0.3) is 5.69 Å². The highest BCUT2D eigenvalue weighted by molar-refractivity contribution is 6.31. The van der Waals surface area contributed by atoms with Gasteiger partial charge in [0.1, 0.15) is 11.4 Å². The van der Waals surface area contributed by atoms with Crippen molar-refractivity contribution in [1.29, 1.82) is 0 Å². The molecule has 0 saturated carbocycles. The minimum absolute atomic E-state index is 0.0997. The molecule has 1 aromatic heterocycles. The van der Waals surface area contributed by atoms with Gasteiger partial charge in [-0.15, -0.1) is 0 Å². The summed E-state index contributed by atoms with van der Waals surface area (Å²) in [5, 5.41) is 3.32. The molecule has 38 heavy (non-hydrogen) atoms. The molecule has 1 atom stereocenters. The van der Waals surface area contributed by atoms with E-state index in [1.807, 2.05) is 58.0 Å². The normalized spacial score (nSPS) is 12.3. The molecule has 3 N–H and O–H groups in total. The highest BCUT2D eigenvalue weighted by Gasteiger charge is 2.28. The molecule has 204 valence electrons. The van der Waals surface area contributed by atoms with E-state index in [-0.39, 0.29) is 41.7 Å². The Morgan fingerprint density at radius 2 is 1.84 bits per heavy atom. The van der Waals surface area contributed by atoms with Crippen molar-refractivity contribution in [1.82, 2.24) is 9.36 Å². The largest absolute Gasteiger partial charge is 0.493 e. The molecule has 1 amide bonds. The minimum Gasteiger partial charge on any atom is -0.493 e. The predicted octanol–water partition coefficient (Wildman–Crippen LogP) is 5.31. The fourth-order valence-electron chi connectivity index (χ4n) is 4.57. The molecule has 3 rings (SSSR count). The average Bonchev–Trinajstić information content (AvgIpc) is 3.12. The molecule has 0 spiro atoms. The fourth-order valence-corrected chi connectivity index (χ4v) is 4.74. The second kappa shape index (κ2) is 12.5. The van der Waals surface area contributed by atoms with Crippen molar-refractivity contribution in [3.63, 3.8) is 0 Å². The zero-order valence-electron chi connectivity index (χ0n) is 22.7. The van der Waals surface area contributed by atoms with Gasteiger partial charge >= 0.3 is 0 Å². The summed E-state index contributed by atoms with van der Waals surface area (Å²) in [6.45, 7) is 8.38. The molecule has 1 heterocycles. The van der Waals surface area contributed by atoms with Gasteiger partial charge in [-0.25, -0.2) is 4.68 Å². The van der Waals surface area contributed by atoms with Crippen LogP contribution in [0.3, 0.4) is 0 Å². The van der Waals surface area contributed by atoms with Gasteiger partial charge in [0, 0.05) is 37.4 Å². The molecule has 2 aromatic carbocycles. The number of nitrogens with two attached hydrogens (primary N) is 1. The standard InChI is InChI=1S/C29H37ClN4O4/c1-6-38-24-13-12-20(30)16-22(24)23(35)14-15-29(3,4)17-25(36)32-26-27(19(2)18-31)33(5)34(28(26)37)21-10-8-7-9-11-21/h7-13,16,19H,6,14-15,17-18,31H2,1-5H3,(H,32,36). The highest BCUT2D eigenvalue weighted by Crippen LogP contribution is 2.31. The molecule has 3 aromatic rings. The summed E-state index contributed by atoms with van der Waals surface area (Å²) in [6.07, 6.45) is 0.818. The number of Topliss-reactive ketones (excluding diaryl/α,β-unsaturated/α-hetero) is 1. The lowest BCUT2D eigenvalue weighted by Gasteiger charge is -2.24. The van der Waals surface area contributed by atoms with Gasteiger partial charge in [0.2, 0.25) is 5.91 Å². The first-order valence-corrected chi connectivity index (χ1v) is 13.2.